The third kappa shape index (κ3) is 2.94. The van der Waals surface area contributed by atoms with E-state index in [1.807, 2.05) is 0 Å². The van der Waals surface area contributed by atoms with E-state index in [1.54, 1.807) is 0 Å². The molecule has 114 valence electrons. The molecule has 6 nitrogen and oxygen atoms in total. The average Bonchev–Trinajstić information content (AvgIpc) is 2.33. The van der Waals surface area contributed by atoms with Crippen molar-refractivity contribution in [2.45, 2.75) is 45.1 Å². The Labute approximate surface area is 123 Å². The molecule has 3 rings (SSSR count). The summed E-state index contributed by atoms with van der Waals surface area (Å²) >= 11 is 0. The van der Waals surface area contributed by atoms with E-state index >= 15 is 0 Å². The number of nitrogens with one attached hydrogen (secondary N) is 1. The van der Waals surface area contributed by atoms with Crippen molar-refractivity contribution in [3.63, 3.8) is 0 Å². The predicted octanol–water partition coefficient (Wildman–Crippen LogP) is 1.71. The van der Waals surface area contributed by atoms with Gasteiger partial charge >= 0.3 is 5.97 Å². The number of carbonyl (C=O) groups is 1. The molecular weight excluding hydrogens is 270 g/mol. The average molecular weight is 291 g/mol. The van der Waals surface area contributed by atoms with E-state index in [1.165, 1.54) is 44.5 Å². The van der Waals surface area contributed by atoms with Gasteiger partial charge in [0.2, 0.25) is 0 Å². The summed E-state index contributed by atoms with van der Waals surface area (Å²) in [6.45, 7) is 0.390. The number of hydrogen-bond acceptors (Lipinski definition) is 4. The van der Waals surface area contributed by atoms with Crippen LogP contribution in [0.15, 0.2) is 17.2 Å². The summed E-state index contributed by atoms with van der Waals surface area (Å²) in [5, 5.41) is 11.8. The molecule has 1 spiro atoms. The van der Waals surface area contributed by atoms with Gasteiger partial charge in [0.15, 0.2) is 5.82 Å². The Kier molecular flexibility index (Phi) is 3.69. The molecule has 0 saturated heterocycles. The summed E-state index contributed by atoms with van der Waals surface area (Å²) in [6, 6.07) is 0. The summed E-state index contributed by atoms with van der Waals surface area (Å²) in [5.41, 5.74) is 0.313. The van der Waals surface area contributed by atoms with Gasteiger partial charge in [-0.3, -0.25) is 14.2 Å². The SMILES string of the molecule is O=C(O)Cn1ccnc(NCCC2CC3(CCC3)C2)c1=O. The van der Waals surface area contributed by atoms with Gasteiger partial charge in [0.1, 0.15) is 6.54 Å². The van der Waals surface area contributed by atoms with Gasteiger partial charge in [-0.05, 0) is 43.4 Å². The minimum absolute atomic E-state index is 0.247. The quantitative estimate of drug-likeness (QED) is 0.833. The molecule has 2 fully saturated rings. The molecule has 0 amide bonds. The molecule has 0 aromatic carbocycles. The van der Waals surface area contributed by atoms with Gasteiger partial charge in [0.05, 0.1) is 0 Å². The smallest absolute Gasteiger partial charge is 0.323 e. The summed E-state index contributed by atoms with van der Waals surface area (Å²) in [4.78, 5) is 26.7. The Morgan fingerprint density at radius 1 is 1.48 bits per heavy atom. The highest BCUT2D eigenvalue weighted by molar-refractivity contribution is 5.66. The molecule has 0 aliphatic heterocycles. The molecule has 2 N–H and O–H groups in total. The zero-order valence-corrected chi connectivity index (χ0v) is 12.0. The van der Waals surface area contributed by atoms with Gasteiger partial charge < -0.3 is 10.4 Å². The van der Waals surface area contributed by atoms with Crippen LogP contribution in [0.4, 0.5) is 5.82 Å². The molecule has 6 heteroatoms. The molecule has 1 heterocycles. The highest BCUT2D eigenvalue weighted by atomic mass is 16.4. The molecule has 2 aliphatic rings. The Hall–Kier alpha value is -1.85. The minimum Gasteiger partial charge on any atom is -0.480 e. The fourth-order valence-corrected chi connectivity index (χ4v) is 3.69. The van der Waals surface area contributed by atoms with Crippen molar-refractivity contribution in [2.24, 2.45) is 11.3 Å². The number of aliphatic carboxylic acids is 1. The molecule has 2 aliphatic carbocycles. The third-order valence-corrected chi connectivity index (χ3v) is 4.92. The molecule has 21 heavy (non-hydrogen) atoms. The normalized spacial score (nSPS) is 19.8. The molecule has 1 aromatic rings. The number of hydrogen-bond donors (Lipinski definition) is 2. The van der Waals surface area contributed by atoms with Crippen LogP contribution in [-0.2, 0) is 11.3 Å². The molecule has 0 atom stereocenters. The molecular formula is C15H21N3O3. The Morgan fingerprint density at radius 3 is 2.86 bits per heavy atom. The molecule has 0 radical (unpaired) electrons. The number of carboxylic acid groups (broad SMARTS) is 1. The van der Waals surface area contributed by atoms with Gasteiger partial charge in [0.25, 0.3) is 5.56 Å². The largest absolute Gasteiger partial charge is 0.480 e. The number of rotatable bonds is 6. The maximum atomic E-state index is 12.0. The molecule has 0 unspecified atom stereocenters. The van der Waals surface area contributed by atoms with Crippen LogP contribution < -0.4 is 10.9 Å². The second kappa shape index (κ2) is 5.50. The van der Waals surface area contributed by atoms with Crippen molar-refractivity contribution in [1.82, 2.24) is 9.55 Å². The first-order valence-corrected chi connectivity index (χ1v) is 7.59. The number of carboxylic acids is 1. The van der Waals surface area contributed by atoms with E-state index in [4.69, 9.17) is 5.11 Å². The first-order chi connectivity index (χ1) is 10.1. The fraction of sp³-hybridized carbons (Fsp3) is 0.667. The van der Waals surface area contributed by atoms with Crippen LogP contribution in [0.25, 0.3) is 0 Å². The van der Waals surface area contributed by atoms with Crippen molar-refractivity contribution < 1.29 is 9.90 Å². The Morgan fingerprint density at radius 2 is 2.24 bits per heavy atom. The minimum atomic E-state index is -1.03. The van der Waals surface area contributed by atoms with E-state index in [2.05, 4.69) is 10.3 Å². The monoisotopic (exact) mass is 291 g/mol. The van der Waals surface area contributed by atoms with Gasteiger partial charge in [-0.25, -0.2) is 4.98 Å². The van der Waals surface area contributed by atoms with Crippen LogP contribution in [0.1, 0.15) is 38.5 Å². The van der Waals surface area contributed by atoms with Crippen LogP contribution in [0.5, 0.6) is 0 Å². The molecule has 1 aromatic heterocycles. The third-order valence-electron chi connectivity index (χ3n) is 4.92. The van der Waals surface area contributed by atoms with Crippen LogP contribution >= 0.6 is 0 Å². The summed E-state index contributed by atoms with van der Waals surface area (Å²) in [5.74, 6) is -0.0197. The highest BCUT2D eigenvalue weighted by Crippen LogP contribution is 2.59. The lowest BCUT2D eigenvalue weighted by atomic mass is 9.51. The van der Waals surface area contributed by atoms with E-state index in [0.717, 1.165) is 23.5 Å². The zero-order chi connectivity index (χ0) is 14.9. The predicted molar refractivity (Wildman–Crippen MR) is 78.2 cm³/mol. The van der Waals surface area contributed by atoms with E-state index in [0.29, 0.717) is 5.41 Å². The lowest BCUT2D eigenvalue weighted by Gasteiger charge is -2.54. The number of nitrogens with zero attached hydrogens (tertiary/aromatic N) is 2. The molecule has 0 bridgehead atoms. The van der Waals surface area contributed by atoms with Crippen LogP contribution in [0.3, 0.4) is 0 Å². The maximum absolute atomic E-state index is 12.0. The second-order valence-corrected chi connectivity index (χ2v) is 6.45. The lowest BCUT2D eigenvalue weighted by Crippen LogP contribution is -2.43. The summed E-state index contributed by atoms with van der Waals surface area (Å²) < 4.78 is 1.16. The van der Waals surface area contributed by atoms with Crippen molar-refractivity contribution >= 4 is 11.8 Å². The summed E-state index contributed by atoms with van der Waals surface area (Å²) in [7, 11) is 0. The van der Waals surface area contributed by atoms with Crippen molar-refractivity contribution in [2.75, 3.05) is 11.9 Å². The molecule has 2 saturated carbocycles. The topological polar surface area (TPSA) is 84.2 Å². The van der Waals surface area contributed by atoms with Crippen LogP contribution in [0, 0.1) is 11.3 Å². The Bertz CT molecular complexity index is 584. The van der Waals surface area contributed by atoms with Crippen LogP contribution in [-0.4, -0.2) is 27.2 Å². The van der Waals surface area contributed by atoms with Crippen molar-refractivity contribution in [3.05, 3.63) is 22.7 Å². The van der Waals surface area contributed by atoms with Gasteiger partial charge in [-0.1, -0.05) is 6.42 Å². The summed E-state index contributed by atoms with van der Waals surface area (Å²) in [6.07, 6.45) is 10.8. The van der Waals surface area contributed by atoms with Crippen molar-refractivity contribution in [1.29, 1.82) is 0 Å². The first kappa shape index (κ1) is 14.1. The van der Waals surface area contributed by atoms with Crippen LogP contribution in [0.2, 0.25) is 0 Å². The van der Waals surface area contributed by atoms with E-state index in [9.17, 15) is 9.59 Å². The van der Waals surface area contributed by atoms with Gasteiger partial charge in [0, 0.05) is 18.9 Å². The van der Waals surface area contributed by atoms with E-state index in [-0.39, 0.29) is 17.9 Å². The first-order valence-electron chi connectivity index (χ1n) is 7.59. The van der Waals surface area contributed by atoms with Crippen molar-refractivity contribution in [3.8, 4) is 0 Å². The second-order valence-electron chi connectivity index (χ2n) is 6.45. The zero-order valence-electron chi connectivity index (χ0n) is 12.0. The highest BCUT2D eigenvalue weighted by Gasteiger charge is 2.47. The lowest BCUT2D eigenvalue weighted by molar-refractivity contribution is -0.137. The maximum Gasteiger partial charge on any atom is 0.323 e. The Balaban J connectivity index is 1.49. The standard InChI is InChI=1S/C15H21N3O3/c19-12(20)10-18-7-6-17-13(14(18)21)16-5-2-11-8-15(9-11)3-1-4-15/h6-7,11H,1-5,8-10H2,(H,16,17)(H,19,20). The number of aromatic nitrogens is 2. The van der Waals surface area contributed by atoms with E-state index < -0.39 is 5.97 Å². The van der Waals surface area contributed by atoms with Gasteiger partial charge in [-0.2, -0.15) is 0 Å². The van der Waals surface area contributed by atoms with Gasteiger partial charge in [-0.15, -0.1) is 0 Å². The fourth-order valence-electron chi connectivity index (χ4n) is 3.69. The number of anilines is 1.